The molecule has 0 aliphatic carbocycles. The Kier molecular flexibility index (Phi) is 5.37. The molecule has 0 unspecified atom stereocenters. The molecule has 0 spiro atoms. The van der Waals surface area contributed by atoms with Crippen molar-refractivity contribution in [2.24, 2.45) is 7.05 Å². The van der Waals surface area contributed by atoms with Gasteiger partial charge in [-0.2, -0.15) is 0 Å². The zero-order chi connectivity index (χ0) is 20.4. The van der Waals surface area contributed by atoms with E-state index in [1.807, 2.05) is 0 Å². The predicted octanol–water partition coefficient (Wildman–Crippen LogP) is 3.38. The van der Waals surface area contributed by atoms with Crippen LogP contribution in [-0.2, 0) is 11.8 Å². The van der Waals surface area contributed by atoms with Crippen molar-refractivity contribution in [1.29, 1.82) is 0 Å². The molecule has 0 aliphatic rings. The van der Waals surface area contributed by atoms with Crippen LogP contribution in [0.3, 0.4) is 0 Å². The van der Waals surface area contributed by atoms with Crippen LogP contribution in [0.25, 0.3) is 10.9 Å². The summed E-state index contributed by atoms with van der Waals surface area (Å²) in [4.78, 5) is 37.4. The normalized spacial score (nSPS) is 10.6. The lowest BCUT2D eigenvalue weighted by Gasteiger charge is -2.15. The molecule has 1 amide bonds. The summed E-state index contributed by atoms with van der Waals surface area (Å²) < 4.78 is 11.6. The zero-order valence-electron chi connectivity index (χ0n) is 15.4. The molecule has 1 N–H and O–H groups in total. The van der Waals surface area contributed by atoms with Crippen LogP contribution in [0.1, 0.15) is 17.3 Å². The average molecular weight is 401 g/mol. The first-order valence-corrected chi connectivity index (χ1v) is 8.66. The van der Waals surface area contributed by atoms with E-state index >= 15 is 0 Å². The van der Waals surface area contributed by atoms with Gasteiger partial charge in [-0.25, -0.2) is 0 Å². The summed E-state index contributed by atoms with van der Waals surface area (Å²) >= 11 is 6.29. The number of aryl methyl sites for hydroxylation is 1. The summed E-state index contributed by atoms with van der Waals surface area (Å²) in [6.45, 7) is 1.19. The molecule has 0 atom stereocenters. The first-order chi connectivity index (χ1) is 13.3. The largest absolute Gasteiger partial charge is 0.497 e. The smallest absolute Gasteiger partial charge is 0.308 e. The Morgan fingerprint density at radius 3 is 2.39 bits per heavy atom. The molecule has 7 nitrogen and oxygen atoms in total. The molecular weight excluding hydrogens is 384 g/mol. The SMILES string of the molecule is COc1ccc(NC(=O)c2c(OC(C)=O)c3c(Cl)cccc3n(C)c2=O)cc1. The van der Waals surface area contributed by atoms with Gasteiger partial charge >= 0.3 is 5.97 Å². The molecule has 0 saturated heterocycles. The molecule has 1 aromatic heterocycles. The van der Waals surface area contributed by atoms with Gasteiger partial charge in [0.25, 0.3) is 11.5 Å². The average Bonchev–Trinajstić information content (AvgIpc) is 2.66. The van der Waals surface area contributed by atoms with Gasteiger partial charge in [0, 0.05) is 19.7 Å². The van der Waals surface area contributed by atoms with Gasteiger partial charge in [-0.3, -0.25) is 14.4 Å². The van der Waals surface area contributed by atoms with Crippen molar-refractivity contribution in [2.45, 2.75) is 6.92 Å². The van der Waals surface area contributed by atoms with E-state index in [1.54, 1.807) is 42.5 Å². The summed E-state index contributed by atoms with van der Waals surface area (Å²) in [7, 11) is 3.05. The standard InChI is InChI=1S/C20H17ClN2O5/c1-11(24)28-18-16-14(21)5-4-6-15(16)23(2)20(26)17(18)19(25)22-12-7-9-13(27-3)10-8-12/h4-10H,1-3H3,(H,22,25). The molecule has 3 aromatic rings. The molecule has 8 heteroatoms. The van der Waals surface area contributed by atoms with Gasteiger partial charge in [0.2, 0.25) is 0 Å². The number of nitrogens with zero attached hydrogens (tertiary/aromatic N) is 1. The van der Waals surface area contributed by atoms with E-state index in [1.165, 1.54) is 25.6 Å². The number of pyridine rings is 1. The van der Waals surface area contributed by atoms with E-state index in [0.717, 1.165) is 0 Å². The maximum atomic E-state index is 12.9. The summed E-state index contributed by atoms with van der Waals surface area (Å²) in [5.74, 6) is -0.939. The molecule has 0 saturated carbocycles. The van der Waals surface area contributed by atoms with Crippen LogP contribution in [0.2, 0.25) is 5.02 Å². The quantitative estimate of drug-likeness (QED) is 0.678. The molecule has 3 rings (SSSR count). The molecule has 1 heterocycles. The van der Waals surface area contributed by atoms with Crippen molar-refractivity contribution in [1.82, 2.24) is 4.57 Å². The van der Waals surface area contributed by atoms with Gasteiger partial charge in [-0.15, -0.1) is 0 Å². The molecule has 0 radical (unpaired) electrons. The van der Waals surface area contributed by atoms with Crippen molar-refractivity contribution >= 4 is 40.1 Å². The minimum Gasteiger partial charge on any atom is -0.497 e. The van der Waals surface area contributed by atoms with Crippen LogP contribution in [-0.4, -0.2) is 23.6 Å². The number of ether oxygens (including phenoxy) is 2. The lowest BCUT2D eigenvalue weighted by atomic mass is 10.1. The van der Waals surface area contributed by atoms with Crippen LogP contribution < -0.4 is 20.3 Å². The number of carbonyl (C=O) groups is 2. The van der Waals surface area contributed by atoms with E-state index in [0.29, 0.717) is 22.3 Å². The second-order valence-electron chi connectivity index (χ2n) is 5.98. The molecule has 0 fully saturated rings. The summed E-state index contributed by atoms with van der Waals surface area (Å²) in [6, 6.07) is 11.5. The fraction of sp³-hybridized carbons (Fsp3) is 0.150. The van der Waals surface area contributed by atoms with Crippen LogP contribution in [0.4, 0.5) is 5.69 Å². The highest BCUT2D eigenvalue weighted by Crippen LogP contribution is 2.34. The van der Waals surface area contributed by atoms with Crippen LogP contribution in [0, 0.1) is 0 Å². The maximum absolute atomic E-state index is 12.9. The maximum Gasteiger partial charge on any atom is 0.308 e. The highest BCUT2D eigenvalue weighted by molar-refractivity contribution is 6.36. The third kappa shape index (κ3) is 3.57. The second kappa shape index (κ2) is 7.74. The van der Waals surface area contributed by atoms with Gasteiger partial charge < -0.3 is 19.4 Å². The van der Waals surface area contributed by atoms with Gasteiger partial charge in [-0.05, 0) is 36.4 Å². The van der Waals surface area contributed by atoms with Gasteiger partial charge in [0.05, 0.1) is 23.0 Å². The number of hydrogen-bond donors (Lipinski definition) is 1. The number of rotatable bonds is 4. The van der Waals surface area contributed by atoms with Crippen molar-refractivity contribution in [3.8, 4) is 11.5 Å². The number of nitrogens with one attached hydrogen (secondary N) is 1. The first kappa shape index (κ1) is 19.4. The molecular formula is C20H17ClN2O5. The first-order valence-electron chi connectivity index (χ1n) is 8.28. The van der Waals surface area contributed by atoms with Crippen molar-refractivity contribution in [3.63, 3.8) is 0 Å². The highest BCUT2D eigenvalue weighted by Gasteiger charge is 2.25. The fourth-order valence-corrected chi connectivity index (χ4v) is 3.09. The number of halogens is 1. The zero-order valence-corrected chi connectivity index (χ0v) is 16.2. The Morgan fingerprint density at radius 2 is 1.79 bits per heavy atom. The second-order valence-corrected chi connectivity index (χ2v) is 6.39. The van der Waals surface area contributed by atoms with E-state index in [-0.39, 0.29) is 16.3 Å². The Bertz CT molecular complexity index is 1140. The Hall–Kier alpha value is -3.32. The lowest BCUT2D eigenvalue weighted by molar-refractivity contribution is -0.131. The molecule has 28 heavy (non-hydrogen) atoms. The van der Waals surface area contributed by atoms with Crippen LogP contribution in [0.5, 0.6) is 11.5 Å². The lowest BCUT2D eigenvalue weighted by Crippen LogP contribution is -2.29. The van der Waals surface area contributed by atoms with E-state index in [9.17, 15) is 14.4 Å². The Morgan fingerprint density at radius 1 is 1.11 bits per heavy atom. The predicted molar refractivity (Wildman–Crippen MR) is 106 cm³/mol. The van der Waals surface area contributed by atoms with Crippen molar-refractivity contribution in [3.05, 3.63) is 63.4 Å². The summed E-state index contributed by atoms with van der Waals surface area (Å²) in [5, 5.41) is 3.19. The molecule has 144 valence electrons. The number of aromatic nitrogens is 1. The Balaban J connectivity index is 2.19. The highest BCUT2D eigenvalue weighted by atomic mass is 35.5. The topological polar surface area (TPSA) is 86.6 Å². The molecule has 2 aromatic carbocycles. The number of methoxy groups -OCH3 is 1. The minimum absolute atomic E-state index is 0.165. The van der Waals surface area contributed by atoms with E-state index in [4.69, 9.17) is 21.1 Å². The van der Waals surface area contributed by atoms with Crippen molar-refractivity contribution in [2.75, 3.05) is 12.4 Å². The number of carbonyl (C=O) groups excluding carboxylic acids is 2. The van der Waals surface area contributed by atoms with E-state index < -0.39 is 17.4 Å². The van der Waals surface area contributed by atoms with Crippen LogP contribution in [0.15, 0.2) is 47.3 Å². The number of benzene rings is 2. The molecule has 0 bridgehead atoms. The number of fused-ring (bicyclic) bond motifs is 1. The summed E-state index contributed by atoms with van der Waals surface area (Å²) in [5.41, 5.74) is -0.0400. The van der Waals surface area contributed by atoms with Gasteiger partial charge in [0.15, 0.2) is 5.75 Å². The fourth-order valence-electron chi connectivity index (χ4n) is 2.83. The Labute approximate surface area is 165 Å². The monoisotopic (exact) mass is 400 g/mol. The number of hydrogen-bond acceptors (Lipinski definition) is 5. The summed E-state index contributed by atoms with van der Waals surface area (Å²) in [6.07, 6.45) is 0. The van der Waals surface area contributed by atoms with E-state index in [2.05, 4.69) is 5.32 Å². The number of amides is 1. The minimum atomic E-state index is -0.719. The third-order valence-electron chi connectivity index (χ3n) is 4.15. The molecule has 0 aliphatic heterocycles. The number of anilines is 1. The number of esters is 1. The van der Waals surface area contributed by atoms with Crippen LogP contribution >= 0.6 is 11.6 Å². The third-order valence-corrected chi connectivity index (χ3v) is 4.46. The van der Waals surface area contributed by atoms with Gasteiger partial charge in [-0.1, -0.05) is 17.7 Å². The van der Waals surface area contributed by atoms with Gasteiger partial charge in [0.1, 0.15) is 11.3 Å². The van der Waals surface area contributed by atoms with Crippen molar-refractivity contribution < 1.29 is 19.1 Å².